The zero-order valence-corrected chi connectivity index (χ0v) is 19.1. The van der Waals surface area contributed by atoms with Gasteiger partial charge in [-0.2, -0.15) is 0 Å². The van der Waals surface area contributed by atoms with E-state index in [1.54, 1.807) is 12.4 Å². The summed E-state index contributed by atoms with van der Waals surface area (Å²) < 4.78 is 7.54. The second kappa shape index (κ2) is 11.6. The highest BCUT2D eigenvalue weighted by atomic mass is 32.2. The first-order chi connectivity index (χ1) is 15.1. The molecule has 0 aliphatic carbocycles. The minimum Gasteiger partial charge on any atom is -0.380 e. The van der Waals surface area contributed by atoms with Crippen molar-refractivity contribution in [3.05, 3.63) is 54.4 Å². The molecule has 1 amide bonds. The number of thioether (sulfide) groups is 1. The molecule has 2 aromatic heterocycles. The molecule has 2 heterocycles. The van der Waals surface area contributed by atoms with Crippen LogP contribution in [0.25, 0.3) is 17.1 Å². The Morgan fingerprint density at radius 1 is 1.13 bits per heavy atom. The van der Waals surface area contributed by atoms with Gasteiger partial charge in [-0.25, -0.2) is 0 Å². The van der Waals surface area contributed by atoms with Crippen LogP contribution in [-0.2, 0) is 9.53 Å². The number of carbonyl (C=O) groups is 1. The monoisotopic (exact) mass is 439 g/mol. The van der Waals surface area contributed by atoms with E-state index < -0.39 is 0 Å². The Hall–Kier alpha value is -2.71. The number of ether oxygens (including phenoxy) is 1. The van der Waals surface area contributed by atoms with Gasteiger partial charge in [-0.15, -0.1) is 10.2 Å². The van der Waals surface area contributed by atoms with Crippen LogP contribution in [0.2, 0.25) is 0 Å². The highest BCUT2D eigenvalue weighted by Crippen LogP contribution is 2.29. The molecule has 0 unspecified atom stereocenters. The molecule has 31 heavy (non-hydrogen) atoms. The van der Waals surface area contributed by atoms with Gasteiger partial charge >= 0.3 is 0 Å². The molecule has 0 atom stereocenters. The minimum absolute atomic E-state index is 0.0535. The van der Waals surface area contributed by atoms with Crippen molar-refractivity contribution in [2.75, 3.05) is 25.5 Å². The van der Waals surface area contributed by atoms with Crippen LogP contribution >= 0.6 is 11.8 Å². The van der Waals surface area contributed by atoms with Gasteiger partial charge in [0.25, 0.3) is 0 Å². The van der Waals surface area contributed by atoms with Crippen LogP contribution in [0.1, 0.15) is 25.8 Å². The van der Waals surface area contributed by atoms with E-state index in [2.05, 4.69) is 34.3 Å². The first kappa shape index (κ1) is 23.0. The van der Waals surface area contributed by atoms with Crippen molar-refractivity contribution in [1.29, 1.82) is 0 Å². The molecule has 0 aliphatic rings. The molecule has 7 nitrogen and oxygen atoms in total. The third kappa shape index (κ3) is 6.63. The Kier molecular flexibility index (Phi) is 8.61. The van der Waals surface area contributed by atoms with Gasteiger partial charge in [-0.05, 0) is 43.0 Å². The summed E-state index contributed by atoms with van der Waals surface area (Å²) in [6.45, 7) is 8.13. The second-order valence-corrected chi connectivity index (χ2v) is 8.54. The molecule has 0 saturated heterocycles. The number of carbonyl (C=O) groups excluding carboxylic acids is 1. The Labute approximate surface area is 187 Å². The summed E-state index contributed by atoms with van der Waals surface area (Å²) >= 11 is 1.37. The predicted octanol–water partition coefficient (Wildman–Crippen LogP) is 3.91. The average Bonchev–Trinajstić information content (AvgIpc) is 3.19. The van der Waals surface area contributed by atoms with Crippen molar-refractivity contribution in [3.8, 4) is 17.1 Å². The number of pyridine rings is 1. The Bertz CT molecular complexity index is 975. The van der Waals surface area contributed by atoms with Gasteiger partial charge < -0.3 is 10.1 Å². The number of rotatable bonds is 11. The van der Waals surface area contributed by atoms with Crippen LogP contribution in [0.4, 0.5) is 0 Å². The summed E-state index contributed by atoms with van der Waals surface area (Å²) in [5.74, 6) is 1.54. The predicted molar refractivity (Wildman–Crippen MR) is 123 cm³/mol. The molecule has 0 aliphatic heterocycles. The van der Waals surface area contributed by atoms with Crippen molar-refractivity contribution in [3.63, 3.8) is 0 Å². The smallest absolute Gasteiger partial charge is 0.230 e. The number of aromatic nitrogens is 4. The second-order valence-electron chi connectivity index (χ2n) is 7.60. The molecule has 0 radical (unpaired) electrons. The van der Waals surface area contributed by atoms with Crippen molar-refractivity contribution in [2.45, 2.75) is 32.3 Å². The third-order valence-corrected chi connectivity index (χ3v) is 5.60. The number of benzene rings is 1. The number of para-hydroxylation sites is 1. The molecule has 1 aromatic carbocycles. The lowest BCUT2D eigenvalue weighted by Gasteiger charge is -2.13. The van der Waals surface area contributed by atoms with Crippen LogP contribution < -0.4 is 5.32 Å². The maximum Gasteiger partial charge on any atom is 0.230 e. The van der Waals surface area contributed by atoms with Crippen LogP contribution in [0.15, 0.2) is 53.9 Å². The Morgan fingerprint density at radius 2 is 1.90 bits per heavy atom. The molecular formula is C23H29N5O2S. The SMILES string of the molecule is Cc1ccccc1-n1c(SCC(=O)NCCOCCC(C)C)nnc1-c1ccncc1. The van der Waals surface area contributed by atoms with Crippen LogP contribution in [0.5, 0.6) is 0 Å². The van der Waals surface area contributed by atoms with Gasteiger partial charge in [0.15, 0.2) is 11.0 Å². The van der Waals surface area contributed by atoms with Gasteiger partial charge in [0.05, 0.1) is 18.0 Å². The zero-order chi connectivity index (χ0) is 22.1. The largest absolute Gasteiger partial charge is 0.380 e. The molecule has 0 saturated carbocycles. The number of amides is 1. The van der Waals surface area contributed by atoms with Gasteiger partial charge in [-0.3, -0.25) is 14.3 Å². The average molecular weight is 440 g/mol. The highest BCUT2D eigenvalue weighted by Gasteiger charge is 2.18. The molecule has 164 valence electrons. The van der Waals surface area contributed by atoms with E-state index in [9.17, 15) is 4.79 Å². The lowest BCUT2D eigenvalue weighted by molar-refractivity contribution is -0.118. The molecule has 3 rings (SSSR count). The van der Waals surface area contributed by atoms with E-state index in [0.29, 0.717) is 24.2 Å². The number of hydrogen-bond acceptors (Lipinski definition) is 6. The summed E-state index contributed by atoms with van der Waals surface area (Å²) in [6.07, 6.45) is 4.49. The lowest BCUT2D eigenvalue weighted by Crippen LogP contribution is -2.29. The highest BCUT2D eigenvalue weighted by molar-refractivity contribution is 7.99. The van der Waals surface area contributed by atoms with Crippen molar-refractivity contribution >= 4 is 17.7 Å². The third-order valence-electron chi connectivity index (χ3n) is 4.67. The molecule has 0 fully saturated rings. The van der Waals surface area contributed by atoms with E-state index in [1.165, 1.54) is 11.8 Å². The topological polar surface area (TPSA) is 81.9 Å². The standard InChI is InChI=1S/C23H29N5O2S/c1-17(2)10-14-30-15-13-25-21(29)16-31-23-27-26-22(19-8-11-24-12-9-19)28(23)20-7-5-4-6-18(20)3/h4-9,11-12,17H,10,13-16H2,1-3H3,(H,25,29). The summed E-state index contributed by atoms with van der Waals surface area (Å²) in [6, 6.07) is 11.9. The fourth-order valence-electron chi connectivity index (χ4n) is 2.95. The maximum absolute atomic E-state index is 12.3. The number of hydrogen-bond donors (Lipinski definition) is 1. The van der Waals surface area contributed by atoms with Gasteiger partial charge in [0.1, 0.15) is 0 Å². The fraction of sp³-hybridized carbons (Fsp3) is 0.391. The first-order valence-electron chi connectivity index (χ1n) is 10.5. The molecule has 1 N–H and O–H groups in total. The zero-order valence-electron chi connectivity index (χ0n) is 18.2. The number of aryl methyl sites for hydroxylation is 1. The summed E-state index contributed by atoms with van der Waals surface area (Å²) in [4.78, 5) is 16.4. The van der Waals surface area contributed by atoms with E-state index in [1.807, 2.05) is 47.9 Å². The molecule has 8 heteroatoms. The van der Waals surface area contributed by atoms with Gasteiger partial charge in [0, 0.05) is 31.1 Å². The van der Waals surface area contributed by atoms with E-state index >= 15 is 0 Å². The molecule has 0 spiro atoms. The Balaban J connectivity index is 1.66. The summed E-state index contributed by atoms with van der Waals surface area (Å²) in [7, 11) is 0. The molecule has 0 bridgehead atoms. The normalized spacial score (nSPS) is 11.1. The fourth-order valence-corrected chi connectivity index (χ4v) is 3.72. The summed E-state index contributed by atoms with van der Waals surface area (Å²) in [5.41, 5.74) is 3.00. The quantitative estimate of drug-likeness (QED) is 0.360. The van der Waals surface area contributed by atoms with Gasteiger partial charge in [0.2, 0.25) is 5.91 Å². The number of nitrogens with one attached hydrogen (secondary N) is 1. The van der Waals surface area contributed by atoms with E-state index in [4.69, 9.17) is 4.74 Å². The lowest BCUT2D eigenvalue weighted by atomic mass is 10.1. The van der Waals surface area contributed by atoms with Crippen LogP contribution in [-0.4, -0.2) is 51.2 Å². The Morgan fingerprint density at radius 3 is 2.65 bits per heavy atom. The van der Waals surface area contributed by atoms with Crippen LogP contribution in [0, 0.1) is 12.8 Å². The van der Waals surface area contributed by atoms with Crippen molar-refractivity contribution in [2.24, 2.45) is 5.92 Å². The molecular weight excluding hydrogens is 410 g/mol. The maximum atomic E-state index is 12.3. The van der Waals surface area contributed by atoms with E-state index in [0.717, 1.165) is 35.7 Å². The number of nitrogens with zero attached hydrogens (tertiary/aromatic N) is 4. The van der Waals surface area contributed by atoms with Crippen LogP contribution in [0.3, 0.4) is 0 Å². The first-order valence-corrected chi connectivity index (χ1v) is 11.4. The molecule has 3 aromatic rings. The minimum atomic E-state index is -0.0535. The van der Waals surface area contributed by atoms with Gasteiger partial charge in [-0.1, -0.05) is 43.8 Å². The van der Waals surface area contributed by atoms with Crippen molar-refractivity contribution in [1.82, 2.24) is 25.1 Å². The van der Waals surface area contributed by atoms with Crippen molar-refractivity contribution < 1.29 is 9.53 Å². The summed E-state index contributed by atoms with van der Waals surface area (Å²) in [5, 5.41) is 12.3. The van der Waals surface area contributed by atoms with E-state index in [-0.39, 0.29) is 11.7 Å².